The molecule has 6 nitrogen and oxygen atoms in total. The highest BCUT2D eigenvalue weighted by atomic mass is 16.4. The van der Waals surface area contributed by atoms with Crippen molar-refractivity contribution in [3.05, 3.63) is 33.2 Å². The minimum atomic E-state index is -0.781. The first kappa shape index (κ1) is 12.9. The molecule has 0 spiro atoms. The lowest BCUT2D eigenvalue weighted by molar-refractivity contribution is -0.139. The highest BCUT2D eigenvalue weighted by molar-refractivity contribution is 5.94. The number of nitrogens with one attached hydrogen (secondary N) is 1. The highest BCUT2D eigenvalue weighted by Crippen LogP contribution is 2.51. The molecule has 1 amide bonds. The van der Waals surface area contributed by atoms with Crippen LogP contribution in [0.25, 0.3) is 0 Å². The Hall–Kier alpha value is -2.11. The summed E-state index contributed by atoms with van der Waals surface area (Å²) in [7, 11) is 0. The van der Waals surface area contributed by atoms with Gasteiger partial charge in [-0.25, -0.2) is 0 Å². The van der Waals surface area contributed by atoms with Gasteiger partial charge in [-0.1, -0.05) is 0 Å². The van der Waals surface area contributed by atoms with Gasteiger partial charge in [0.15, 0.2) is 0 Å². The Morgan fingerprint density at radius 2 is 1.90 bits per heavy atom. The maximum absolute atomic E-state index is 12.3. The van der Waals surface area contributed by atoms with Gasteiger partial charge in [0.05, 0.1) is 5.92 Å². The van der Waals surface area contributed by atoms with Crippen molar-refractivity contribution in [2.24, 2.45) is 17.8 Å². The van der Waals surface area contributed by atoms with E-state index in [1.165, 1.54) is 0 Å². The number of aryl methyl sites for hydroxylation is 2. The second kappa shape index (κ2) is 4.19. The number of fused-ring (bicyclic) bond motifs is 1. The molecule has 2 heterocycles. The largest absolute Gasteiger partial charge is 0.481 e. The van der Waals surface area contributed by atoms with Gasteiger partial charge in [0.25, 0.3) is 11.5 Å². The minimum absolute atomic E-state index is 0.0575. The predicted octanol–water partition coefficient (Wildman–Crippen LogP) is 0.394. The zero-order valence-corrected chi connectivity index (χ0v) is 11.3. The summed E-state index contributed by atoms with van der Waals surface area (Å²) < 4.78 is 0. The normalized spacial score (nSPS) is 27.3. The van der Waals surface area contributed by atoms with E-state index in [-0.39, 0.29) is 34.8 Å². The third-order valence-corrected chi connectivity index (χ3v) is 4.49. The van der Waals surface area contributed by atoms with E-state index >= 15 is 0 Å². The van der Waals surface area contributed by atoms with E-state index < -0.39 is 5.97 Å². The lowest BCUT2D eigenvalue weighted by Gasteiger charge is -2.19. The van der Waals surface area contributed by atoms with Gasteiger partial charge in [0.1, 0.15) is 5.56 Å². The molecule has 20 heavy (non-hydrogen) atoms. The van der Waals surface area contributed by atoms with Gasteiger partial charge in [0.2, 0.25) is 0 Å². The number of carbonyl (C=O) groups excluding carboxylic acids is 1. The van der Waals surface area contributed by atoms with Crippen molar-refractivity contribution in [1.82, 2.24) is 9.88 Å². The molecule has 1 saturated carbocycles. The number of pyridine rings is 1. The molecule has 0 radical (unpaired) electrons. The average Bonchev–Trinajstić information content (AvgIpc) is 2.89. The van der Waals surface area contributed by atoms with Gasteiger partial charge in [-0.3, -0.25) is 14.4 Å². The molecule has 0 aromatic carbocycles. The molecule has 1 saturated heterocycles. The lowest BCUT2D eigenvalue weighted by Crippen LogP contribution is -2.36. The van der Waals surface area contributed by atoms with Crippen LogP contribution in [0.1, 0.15) is 21.6 Å². The molecule has 1 aliphatic heterocycles. The Balaban J connectivity index is 1.78. The van der Waals surface area contributed by atoms with Crippen molar-refractivity contribution < 1.29 is 14.7 Å². The summed E-state index contributed by atoms with van der Waals surface area (Å²) in [5, 5.41) is 8.95. The number of amides is 1. The number of aromatic amines is 1. The zero-order chi connectivity index (χ0) is 14.6. The summed E-state index contributed by atoms with van der Waals surface area (Å²) in [5.41, 5.74) is 1.37. The fraction of sp³-hybridized carbons (Fsp3) is 0.500. The zero-order valence-electron chi connectivity index (χ0n) is 11.3. The van der Waals surface area contributed by atoms with Crippen LogP contribution in [0.2, 0.25) is 0 Å². The fourth-order valence-corrected chi connectivity index (χ4v) is 3.11. The number of hydrogen-bond acceptors (Lipinski definition) is 3. The summed E-state index contributed by atoms with van der Waals surface area (Å²) in [6.45, 7) is 4.50. The number of piperidine rings is 1. The average molecular weight is 276 g/mol. The van der Waals surface area contributed by atoms with Gasteiger partial charge in [0, 0.05) is 18.8 Å². The molecule has 2 N–H and O–H groups in total. The maximum Gasteiger partial charge on any atom is 0.307 e. The third-order valence-electron chi connectivity index (χ3n) is 4.49. The number of aliphatic carboxylic acids is 1. The van der Waals surface area contributed by atoms with Gasteiger partial charge >= 0.3 is 5.97 Å². The minimum Gasteiger partial charge on any atom is -0.481 e. The van der Waals surface area contributed by atoms with E-state index in [4.69, 9.17) is 5.11 Å². The van der Waals surface area contributed by atoms with Gasteiger partial charge < -0.3 is 15.0 Å². The van der Waals surface area contributed by atoms with Gasteiger partial charge in [-0.15, -0.1) is 0 Å². The van der Waals surface area contributed by atoms with Crippen molar-refractivity contribution in [3.63, 3.8) is 0 Å². The number of aromatic nitrogens is 1. The second-order valence-electron chi connectivity index (χ2n) is 5.72. The molecule has 2 aliphatic rings. The first-order valence-electron chi connectivity index (χ1n) is 6.62. The third kappa shape index (κ3) is 1.83. The molecule has 1 unspecified atom stereocenters. The van der Waals surface area contributed by atoms with Crippen LogP contribution in [0.4, 0.5) is 0 Å². The molecule has 106 valence electrons. The predicted molar refractivity (Wildman–Crippen MR) is 70.5 cm³/mol. The van der Waals surface area contributed by atoms with Crippen molar-refractivity contribution in [3.8, 4) is 0 Å². The number of likely N-dealkylation sites (tertiary alicyclic amines) is 1. The Bertz CT molecular complexity index is 652. The maximum atomic E-state index is 12.3. The summed E-state index contributed by atoms with van der Waals surface area (Å²) in [6.07, 6.45) is 0. The summed E-state index contributed by atoms with van der Waals surface area (Å²) in [5.74, 6) is -1.27. The monoisotopic (exact) mass is 276 g/mol. The topological polar surface area (TPSA) is 90.5 Å². The number of carboxylic acids is 1. The second-order valence-corrected chi connectivity index (χ2v) is 5.72. The lowest BCUT2D eigenvalue weighted by atomic mass is 10.1. The van der Waals surface area contributed by atoms with E-state index in [0.717, 1.165) is 11.3 Å². The molecule has 1 aromatic rings. The van der Waals surface area contributed by atoms with Gasteiger partial charge in [-0.05, 0) is 37.3 Å². The van der Waals surface area contributed by atoms with E-state index in [9.17, 15) is 14.4 Å². The summed E-state index contributed by atoms with van der Waals surface area (Å²) >= 11 is 0. The first-order chi connectivity index (χ1) is 9.40. The number of carboxylic acid groups (broad SMARTS) is 1. The molecule has 6 heteroatoms. The van der Waals surface area contributed by atoms with Crippen LogP contribution in [0.5, 0.6) is 0 Å². The Kier molecular flexibility index (Phi) is 2.70. The molecular formula is C14H16N2O4. The van der Waals surface area contributed by atoms with E-state index in [1.807, 2.05) is 6.92 Å². The van der Waals surface area contributed by atoms with E-state index in [1.54, 1.807) is 17.9 Å². The summed E-state index contributed by atoms with van der Waals surface area (Å²) in [6, 6.07) is 1.61. The number of nitrogens with zero attached hydrogens (tertiary/aromatic N) is 1. The molecule has 3 rings (SSSR count). The smallest absolute Gasteiger partial charge is 0.307 e. The Morgan fingerprint density at radius 3 is 2.45 bits per heavy atom. The van der Waals surface area contributed by atoms with Crippen LogP contribution in [-0.2, 0) is 4.79 Å². The van der Waals surface area contributed by atoms with Crippen molar-refractivity contribution in [2.75, 3.05) is 13.1 Å². The molecule has 2 fully saturated rings. The fourth-order valence-electron chi connectivity index (χ4n) is 3.11. The molecule has 3 atom stereocenters. The molecule has 0 bridgehead atoms. The van der Waals surface area contributed by atoms with Crippen molar-refractivity contribution in [2.45, 2.75) is 13.8 Å². The van der Waals surface area contributed by atoms with Crippen LogP contribution in [0.15, 0.2) is 10.9 Å². The molecule has 1 aliphatic carbocycles. The quantitative estimate of drug-likeness (QED) is 0.817. The van der Waals surface area contributed by atoms with Crippen LogP contribution in [0.3, 0.4) is 0 Å². The van der Waals surface area contributed by atoms with Gasteiger partial charge in [-0.2, -0.15) is 0 Å². The van der Waals surface area contributed by atoms with Crippen LogP contribution < -0.4 is 5.56 Å². The number of H-pyrrole nitrogens is 1. The SMILES string of the molecule is Cc1cc(C(=O)N2C[C@@H]3C(C(=O)O)[C@@H]3C2)c(=O)[nH]c1C. The van der Waals surface area contributed by atoms with E-state index in [2.05, 4.69) is 4.98 Å². The molecular weight excluding hydrogens is 260 g/mol. The van der Waals surface area contributed by atoms with Crippen molar-refractivity contribution >= 4 is 11.9 Å². The Labute approximate surface area is 115 Å². The Morgan fingerprint density at radius 1 is 1.30 bits per heavy atom. The van der Waals surface area contributed by atoms with Crippen molar-refractivity contribution in [1.29, 1.82) is 0 Å². The van der Waals surface area contributed by atoms with E-state index in [0.29, 0.717) is 13.1 Å². The first-order valence-corrected chi connectivity index (χ1v) is 6.62. The molecule has 1 aromatic heterocycles. The summed E-state index contributed by atoms with van der Waals surface area (Å²) in [4.78, 5) is 39.3. The highest BCUT2D eigenvalue weighted by Gasteiger charge is 2.60. The number of rotatable bonds is 2. The van der Waals surface area contributed by atoms with Crippen LogP contribution in [0, 0.1) is 31.6 Å². The standard InChI is InChI=1S/C14H16N2O4/c1-6-3-8(12(17)15-7(6)2)13(18)16-4-9-10(5-16)11(9)14(19)20/h3,9-11H,4-5H2,1-2H3,(H,15,17)(H,19,20)/t9-,10+,11?. The number of carbonyl (C=O) groups is 2. The number of hydrogen-bond donors (Lipinski definition) is 2. The van der Waals surface area contributed by atoms with Crippen LogP contribution in [-0.4, -0.2) is 40.0 Å². The van der Waals surface area contributed by atoms with Crippen LogP contribution >= 0.6 is 0 Å².